The van der Waals surface area contributed by atoms with Crippen LogP contribution in [-0.4, -0.2) is 68.2 Å². The Hall–Kier alpha value is -0.660. The van der Waals surface area contributed by atoms with Crippen LogP contribution in [0.3, 0.4) is 0 Å². The Morgan fingerprint density at radius 2 is 2.24 bits per heavy atom. The number of nitrogens with zero attached hydrogens (tertiary/aromatic N) is 1. The van der Waals surface area contributed by atoms with E-state index in [9.17, 15) is 13.2 Å². The minimum atomic E-state index is -3.10. The lowest BCUT2D eigenvalue weighted by atomic mass is 10.2. The van der Waals surface area contributed by atoms with Crippen LogP contribution in [0.15, 0.2) is 0 Å². The van der Waals surface area contributed by atoms with Gasteiger partial charge in [-0.15, -0.1) is 0 Å². The molecule has 0 saturated carbocycles. The number of carbonyl (C=O) groups is 1. The van der Waals surface area contributed by atoms with Crippen LogP contribution in [0.1, 0.15) is 13.3 Å². The van der Waals surface area contributed by atoms with Crippen molar-refractivity contribution in [2.24, 2.45) is 0 Å². The largest absolute Gasteiger partial charge is 0.481 e. The Labute approximate surface area is 101 Å². The monoisotopic (exact) mass is 265 g/mol. The first-order chi connectivity index (χ1) is 7.84. The molecule has 1 rings (SSSR count). The summed E-state index contributed by atoms with van der Waals surface area (Å²) in [4.78, 5) is 12.6. The number of aliphatic carboxylic acids is 1. The van der Waals surface area contributed by atoms with Crippen LogP contribution < -0.4 is 0 Å². The molecule has 1 fully saturated rings. The zero-order valence-electron chi connectivity index (χ0n) is 10.1. The molecular formula is C10H19NO5S. The smallest absolute Gasteiger partial charge is 0.304 e. The molecule has 2 unspecified atom stereocenters. The van der Waals surface area contributed by atoms with Crippen LogP contribution in [0, 0.1) is 0 Å². The number of hydrogen-bond donors (Lipinski definition) is 1. The quantitative estimate of drug-likeness (QED) is 0.728. The SMILES string of the molecule is COC(C)CN1CCS(=O)(=O)CC1CC(=O)O. The van der Waals surface area contributed by atoms with Gasteiger partial charge >= 0.3 is 5.97 Å². The van der Waals surface area contributed by atoms with Gasteiger partial charge in [0.25, 0.3) is 0 Å². The maximum Gasteiger partial charge on any atom is 0.304 e. The molecule has 7 heteroatoms. The summed E-state index contributed by atoms with van der Waals surface area (Å²) < 4.78 is 28.1. The number of methoxy groups -OCH3 is 1. The molecule has 6 nitrogen and oxygen atoms in total. The van der Waals surface area contributed by atoms with E-state index in [2.05, 4.69) is 0 Å². The highest BCUT2D eigenvalue weighted by Gasteiger charge is 2.33. The van der Waals surface area contributed by atoms with Gasteiger partial charge in [0.15, 0.2) is 9.84 Å². The molecule has 1 N–H and O–H groups in total. The summed E-state index contributed by atoms with van der Waals surface area (Å²) >= 11 is 0. The number of carboxylic acids is 1. The summed E-state index contributed by atoms with van der Waals surface area (Å²) in [5.41, 5.74) is 0. The van der Waals surface area contributed by atoms with Crippen molar-refractivity contribution in [2.45, 2.75) is 25.5 Å². The van der Waals surface area contributed by atoms with Gasteiger partial charge in [-0.3, -0.25) is 9.69 Å². The van der Waals surface area contributed by atoms with Gasteiger partial charge in [-0.2, -0.15) is 0 Å². The van der Waals surface area contributed by atoms with E-state index < -0.39 is 21.8 Å². The molecule has 0 aromatic heterocycles. The normalized spacial score (nSPS) is 26.6. The van der Waals surface area contributed by atoms with Crippen LogP contribution in [0.2, 0.25) is 0 Å². The molecule has 0 aromatic carbocycles. The lowest BCUT2D eigenvalue weighted by molar-refractivity contribution is -0.138. The van der Waals surface area contributed by atoms with Crippen molar-refractivity contribution in [1.82, 2.24) is 4.90 Å². The van der Waals surface area contributed by atoms with E-state index in [-0.39, 0.29) is 24.0 Å². The minimum absolute atomic E-state index is 0.0351. The predicted molar refractivity (Wildman–Crippen MR) is 62.7 cm³/mol. The zero-order valence-corrected chi connectivity index (χ0v) is 10.9. The Morgan fingerprint density at radius 1 is 1.59 bits per heavy atom. The van der Waals surface area contributed by atoms with Crippen molar-refractivity contribution in [3.8, 4) is 0 Å². The number of rotatable bonds is 5. The Morgan fingerprint density at radius 3 is 2.76 bits per heavy atom. The summed E-state index contributed by atoms with van der Waals surface area (Å²) in [6.07, 6.45) is -0.178. The number of sulfone groups is 1. The lowest BCUT2D eigenvalue weighted by Crippen LogP contribution is -2.51. The molecule has 0 bridgehead atoms. The third-order valence-electron chi connectivity index (χ3n) is 2.96. The number of hydrogen-bond acceptors (Lipinski definition) is 5. The van der Waals surface area contributed by atoms with Gasteiger partial charge in [-0.25, -0.2) is 8.42 Å². The maximum atomic E-state index is 11.5. The molecule has 100 valence electrons. The molecule has 1 aliphatic rings. The topological polar surface area (TPSA) is 83.9 Å². The van der Waals surface area contributed by atoms with E-state index in [1.807, 2.05) is 11.8 Å². The Balaban J connectivity index is 2.70. The first-order valence-corrected chi connectivity index (χ1v) is 7.35. The average molecular weight is 265 g/mol. The van der Waals surface area contributed by atoms with Crippen LogP contribution in [0.5, 0.6) is 0 Å². The lowest BCUT2D eigenvalue weighted by Gasteiger charge is -2.35. The van der Waals surface area contributed by atoms with Crippen molar-refractivity contribution in [1.29, 1.82) is 0 Å². The molecule has 0 amide bonds. The summed E-state index contributed by atoms with van der Waals surface area (Å²) in [7, 11) is -1.52. The van der Waals surface area contributed by atoms with E-state index >= 15 is 0 Å². The van der Waals surface area contributed by atoms with Crippen LogP contribution >= 0.6 is 0 Å². The molecule has 2 atom stereocenters. The number of carboxylic acid groups (broad SMARTS) is 1. The highest BCUT2D eigenvalue weighted by molar-refractivity contribution is 7.91. The van der Waals surface area contributed by atoms with E-state index in [4.69, 9.17) is 9.84 Å². The highest BCUT2D eigenvalue weighted by atomic mass is 32.2. The second-order valence-corrected chi connectivity index (χ2v) is 6.64. The molecule has 0 spiro atoms. The first-order valence-electron chi connectivity index (χ1n) is 5.53. The molecular weight excluding hydrogens is 246 g/mol. The average Bonchev–Trinajstić information content (AvgIpc) is 2.20. The first kappa shape index (κ1) is 14.4. The fraction of sp³-hybridized carbons (Fsp3) is 0.900. The molecule has 0 radical (unpaired) electrons. The van der Waals surface area contributed by atoms with Gasteiger partial charge in [0, 0.05) is 26.2 Å². The third kappa shape index (κ3) is 4.61. The highest BCUT2D eigenvalue weighted by Crippen LogP contribution is 2.15. The molecule has 0 aliphatic carbocycles. The predicted octanol–water partition coefficient (Wildman–Crippen LogP) is -0.405. The van der Waals surface area contributed by atoms with Crippen LogP contribution in [0.25, 0.3) is 0 Å². The summed E-state index contributed by atoms with van der Waals surface area (Å²) in [6.45, 7) is 2.82. The number of ether oxygens (including phenoxy) is 1. The molecule has 1 saturated heterocycles. The van der Waals surface area contributed by atoms with E-state index in [1.165, 1.54) is 0 Å². The van der Waals surface area contributed by atoms with E-state index in [1.54, 1.807) is 7.11 Å². The van der Waals surface area contributed by atoms with Crippen molar-refractivity contribution in [3.05, 3.63) is 0 Å². The van der Waals surface area contributed by atoms with Gasteiger partial charge in [0.2, 0.25) is 0 Å². The van der Waals surface area contributed by atoms with Crippen LogP contribution in [0.4, 0.5) is 0 Å². The molecule has 0 aromatic rings. The minimum Gasteiger partial charge on any atom is -0.481 e. The molecule has 17 heavy (non-hydrogen) atoms. The molecule has 1 aliphatic heterocycles. The molecule has 1 heterocycles. The third-order valence-corrected chi connectivity index (χ3v) is 4.65. The van der Waals surface area contributed by atoms with Crippen molar-refractivity contribution < 1.29 is 23.1 Å². The van der Waals surface area contributed by atoms with Crippen molar-refractivity contribution in [3.63, 3.8) is 0 Å². The Kier molecular flexibility index (Phi) is 4.91. The van der Waals surface area contributed by atoms with Gasteiger partial charge in [0.05, 0.1) is 24.0 Å². The van der Waals surface area contributed by atoms with Gasteiger partial charge < -0.3 is 9.84 Å². The second kappa shape index (κ2) is 5.79. The van der Waals surface area contributed by atoms with Gasteiger partial charge in [0.1, 0.15) is 0 Å². The second-order valence-electron chi connectivity index (χ2n) is 4.41. The van der Waals surface area contributed by atoms with Gasteiger partial charge in [-0.1, -0.05) is 0 Å². The summed E-state index contributed by atoms with van der Waals surface area (Å²) in [5, 5.41) is 8.79. The van der Waals surface area contributed by atoms with Crippen LogP contribution in [-0.2, 0) is 19.4 Å². The standard InChI is InChI=1S/C10H19NO5S/c1-8(16-2)6-11-3-4-17(14,15)7-9(11)5-10(12)13/h8-9H,3-7H2,1-2H3,(H,12,13). The fourth-order valence-electron chi connectivity index (χ4n) is 1.96. The van der Waals surface area contributed by atoms with Crippen molar-refractivity contribution in [2.75, 3.05) is 31.7 Å². The summed E-state index contributed by atoms with van der Waals surface area (Å²) in [6, 6.07) is -0.441. The maximum absolute atomic E-state index is 11.5. The van der Waals surface area contributed by atoms with E-state index in [0.29, 0.717) is 13.1 Å². The van der Waals surface area contributed by atoms with E-state index in [0.717, 1.165) is 0 Å². The van der Waals surface area contributed by atoms with Crippen molar-refractivity contribution >= 4 is 15.8 Å². The zero-order chi connectivity index (χ0) is 13.1. The van der Waals surface area contributed by atoms with Gasteiger partial charge in [-0.05, 0) is 6.92 Å². The fourth-order valence-corrected chi connectivity index (χ4v) is 3.55. The Bertz CT molecular complexity index is 367. The summed E-state index contributed by atoms with van der Waals surface area (Å²) in [5.74, 6) is -0.947.